The van der Waals surface area contributed by atoms with Crippen LogP contribution < -0.4 is 9.47 Å². The molecule has 0 radical (unpaired) electrons. The largest absolute Gasteiger partial charge is 0.493 e. The number of methoxy groups -OCH3 is 1. The molecular weight excluding hydrogens is 354 g/mol. The van der Waals surface area contributed by atoms with Gasteiger partial charge in [0.1, 0.15) is 12.6 Å². The lowest BCUT2D eigenvalue weighted by atomic mass is 10.0. The number of nitrogens with zero attached hydrogens (tertiary/aromatic N) is 1. The molecule has 0 spiro atoms. The van der Waals surface area contributed by atoms with Crippen LogP contribution in [0.5, 0.6) is 11.5 Å². The molecule has 1 atom stereocenters. The smallest absolute Gasteiger partial charge is 0.323 e. The van der Waals surface area contributed by atoms with Crippen LogP contribution in [-0.2, 0) is 22.7 Å². The van der Waals surface area contributed by atoms with Crippen molar-refractivity contribution in [2.75, 3.05) is 20.3 Å². The van der Waals surface area contributed by atoms with Crippen LogP contribution in [-0.4, -0.2) is 37.2 Å². The van der Waals surface area contributed by atoms with E-state index in [-0.39, 0.29) is 12.0 Å². The SMILES string of the molecule is CCOC(=O)C1CCCCN1Cc1ccc(OCc2ccccc2)c(OC)c1. The highest BCUT2D eigenvalue weighted by molar-refractivity contribution is 5.75. The lowest BCUT2D eigenvalue weighted by Crippen LogP contribution is -2.44. The summed E-state index contributed by atoms with van der Waals surface area (Å²) in [6.45, 7) is 4.36. The number of carbonyl (C=O) groups excluding carboxylic acids is 1. The minimum atomic E-state index is -0.159. The number of benzene rings is 2. The van der Waals surface area contributed by atoms with Gasteiger partial charge in [-0.2, -0.15) is 0 Å². The third-order valence-corrected chi connectivity index (χ3v) is 5.02. The molecule has 0 saturated carbocycles. The highest BCUT2D eigenvalue weighted by atomic mass is 16.5. The van der Waals surface area contributed by atoms with Crippen molar-refractivity contribution in [1.29, 1.82) is 0 Å². The van der Waals surface area contributed by atoms with Crippen molar-refractivity contribution in [3.8, 4) is 11.5 Å². The van der Waals surface area contributed by atoms with Gasteiger partial charge in [-0.1, -0.05) is 42.8 Å². The topological polar surface area (TPSA) is 48.0 Å². The van der Waals surface area contributed by atoms with Crippen molar-refractivity contribution in [3.63, 3.8) is 0 Å². The average Bonchev–Trinajstić information content (AvgIpc) is 2.74. The summed E-state index contributed by atoms with van der Waals surface area (Å²) < 4.78 is 16.7. The van der Waals surface area contributed by atoms with E-state index in [1.54, 1.807) is 7.11 Å². The van der Waals surface area contributed by atoms with Crippen LogP contribution >= 0.6 is 0 Å². The third kappa shape index (κ3) is 5.26. The van der Waals surface area contributed by atoms with Crippen molar-refractivity contribution in [1.82, 2.24) is 4.90 Å². The summed E-state index contributed by atoms with van der Waals surface area (Å²) in [4.78, 5) is 14.5. The molecule has 1 unspecified atom stereocenters. The molecule has 0 aliphatic carbocycles. The maximum absolute atomic E-state index is 12.3. The van der Waals surface area contributed by atoms with Crippen molar-refractivity contribution in [2.45, 2.75) is 45.4 Å². The molecule has 0 aromatic heterocycles. The van der Waals surface area contributed by atoms with E-state index in [0.29, 0.717) is 25.5 Å². The Morgan fingerprint density at radius 1 is 1.07 bits per heavy atom. The number of piperidine rings is 1. The van der Waals surface area contributed by atoms with Crippen LogP contribution in [0.3, 0.4) is 0 Å². The quantitative estimate of drug-likeness (QED) is 0.640. The molecular formula is C23H29NO4. The number of ether oxygens (including phenoxy) is 3. The zero-order valence-corrected chi connectivity index (χ0v) is 16.7. The first-order valence-corrected chi connectivity index (χ1v) is 9.95. The molecule has 2 aromatic carbocycles. The van der Waals surface area contributed by atoms with Crippen LogP contribution in [0.1, 0.15) is 37.3 Å². The Balaban J connectivity index is 1.67. The van der Waals surface area contributed by atoms with Gasteiger partial charge in [0.25, 0.3) is 0 Å². The van der Waals surface area contributed by atoms with Gasteiger partial charge in [0, 0.05) is 6.54 Å². The van der Waals surface area contributed by atoms with Gasteiger partial charge in [-0.15, -0.1) is 0 Å². The highest BCUT2D eigenvalue weighted by Crippen LogP contribution is 2.30. The predicted octanol–water partition coefficient (Wildman–Crippen LogP) is 4.19. The summed E-state index contributed by atoms with van der Waals surface area (Å²) in [5.41, 5.74) is 2.21. The molecule has 5 nitrogen and oxygen atoms in total. The van der Waals surface area contributed by atoms with Gasteiger partial charge in [-0.3, -0.25) is 9.69 Å². The lowest BCUT2D eigenvalue weighted by Gasteiger charge is -2.34. The van der Waals surface area contributed by atoms with Gasteiger partial charge in [0.05, 0.1) is 13.7 Å². The van der Waals surface area contributed by atoms with Crippen LogP contribution in [0.4, 0.5) is 0 Å². The molecule has 0 N–H and O–H groups in total. The first-order valence-electron chi connectivity index (χ1n) is 9.95. The van der Waals surface area contributed by atoms with Gasteiger partial charge >= 0.3 is 5.97 Å². The summed E-state index contributed by atoms with van der Waals surface area (Å²) in [6, 6.07) is 15.9. The van der Waals surface area contributed by atoms with Crippen molar-refractivity contribution in [2.24, 2.45) is 0 Å². The normalized spacial score (nSPS) is 17.1. The molecule has 1 fully saturated rings. The van der Waals surface area contributed by atoms with E-state index in [1.807, 2.05) is 55.5 Å². The van der Waals surface area contributed by atoms with E-state index in [9.17, 15) is 4.79 Å². The van der Waals surface area contributed by atoms with Gasteiger partial charge < -0.3 is 14.2 Å². The van der Waals surface area contributed by atoms with Crippen LogP contribution in [0.2, 0.25) is 0 Å². The molecule has 2 aromatic rings. The summed E-state index contributed by atoms with van der Waals surface area (Å²) in [5, 5.41) is 0. The molecule has 0 amide bonds. The second-order valence-electron chi connectivity index (χ2n) is 6.99. The molecule has 1 aliphatic rings. The zero-order valence-electron chi connectivity index (χ0n) is 16.7. The fraction of sp³-hybridized carbons (Fsp3) is 0.435. The minimum Gasteiger partial charge on any atom is -0.493 e. The van der Waals surface area contributed by atoms with Crippen LogP contribution in [0.25, 0.3) is 0 Å². The highest BCUT2D eigenvalue weighted by Gasteiger charge is 2.29. The molecule has 28 heavy (non-hydrogen) atoms. The molecule has 1 aliphatic heterocycles. The fourth-order valence-corrected chi connectivity index (χ4v) is 3.59. The second kappa shape index (κ2) is 10.1. The van der Waals surface area contributed by atoms with Gasteiger partial charge in [0.15, 0.2) is 11.5 Å². The third-order valence-electron chi connectivity index (χ3n) is 5.02. The van der Waals surface area contributed by atoms with E-state index in [0.717, 1.165) is 42.7 Å². The van der Waals surface area contributed by atoms with E-state index in [2.05, 4.69) is 4.90 Å². The monoisotopic (exact) mass is 383 g/mol. The number of esters is 1. The summed E-state index contributed by atoms with van der Waals surface area (Å²) in [7, 11) is 1.65. The van der Waals surface area contributed by atoms with E-state index in [1.165, 1.54) is 0 Å². The zero-order chi connectivity index (χ0) is 19.8. The van der Waals surface area contributed by atoms with Gasteiger partial charge in [-0.05, 0) is 49.6 Å². The Hall–Kier alpha value is -2.53. The maximum Gasteiger partial charge on any atom is 0.323 e. The number of hydrogen-bond acceptors (Lipinski definition) is 5. The summed E-state index contributed by atoms with van der Waals surface area (Å²) in [5.74, 6) is 1.31. The van der Waals surface area contributed by atoms with Gasteiger partial charge in [0.2, 0.25) is 0 Å². The minimum absolute atomic E-state index is 0.114. The first kappa shape index (κ1) is 20.2. The Morgan fingerprint density at radius 2 is 1.89 bits per heavy atom. The predicted molar refractivity (Wildman–Crippen MR) is 108 cm³/mol. The maximum atomic E-state index is 12.3. The van der Waals surface area contributed by atoms with E-state index < -0.39 is 0 Å². The molecule has 5 heteroatoms. The molecule has 1 saturated heterocycles. The number of carbonyl (C=O) groups is 1. The Kier molecular flexibility index (Phi) is 7.31. The number of likely N-dealkylation sites (tertiary alicyclic amines) is 1. The Morgan fingerprint density at radius 3 is 2.64 bits per heavy atom. The van der Waals surface area contributed by atoms with Crippen molar-refractivity contribution in [3.05, 3.63) is 59.7 Å². The van der Waals surface area contributed by atoms with E-state index >= 15 is 0 Å². The summed E-state index contributed by atoms with van der Waals surface area (Å²) >= 11 is 0. The standard InChI is InChI=1S/C23H29NO4/c1-3-27-23(25)20-11-7-8-14-24(20)16-19-12-13-21(22(15-19)26-2)28-17-18-9-5-4-6-10-18/h4-6,9-10,12-13,15,20H,3,7-8,11,14,16-17H2,1-2H3. The molecule has 0 bridgehead atoms. The Labute approximate surface area is 167 Å². The molecule has 3 rings (SSSR count). The van der Waals surface area contributed by atoms with Crippen LogP contribution in [0.15, 0.2) is 48.5 Å². The van der Waals surface area contributed by atoms with E-state index in [4.69, 9.17) is 14.2 Å². The first-order chi connectivity index (χ1) is 13.7. The lowest BCUT2D eigenvalue weighted by molar-refractivity contribution is -0.151. The second-order valence-corrected chi connectivity index (χ2v) is 6.99. The van der Waals surface area contributed by atoms with Crippen LogP contribution in [0, 0.1) is 0 Å². The number of rotatable bonds is 8. The number of hydrogen-bond donors (Lipinski definition) is 0. The van der Waals surface area contributed by atoms with Gasteiger partial charge in [-0.25, -0.2) is 0 Å². The molecule has 1 heterocycles. The Bertz CT molecular complexity index is 762. The molecule has 150 valence electrons. The average molecular weight is 383 g/mol. The fourth-order valence-electron chi connectivity index (χ4n) is 3.59. The van der Waals surface area contributed by atoms with Crippen molar-refractivity contribution < 1.29 is 19.0 Å². The van der Waals surface area contributed by atoms with Crippen molar-refractivity contribution >= 4 is 5.97 Å². The summed E-state index contributed by atoms with van der Waals surface area (Å²) in [6.07, 6.45) is 3.02.